The molecule has 0 aliphatic rings. The van der Waals surface area contributed by atoms with Crippen molar-refractivity contribution < 1.29 is 35.5 Å². The molecule has 0 unspecified atom stereocenters. The number of hydrogen-bond acceptors (Lipinski definition) is 3. The lowest BCUT2D eigenvalue weighted by molar-refractivity contribution is -0.276. The summed E-state index contributed by atoms with van der Waals surface area (Å²) < 4.78 is 98.6. The van der Waals surface area contributed by atoms with Crippen molar-refractivity contribution in [1.29, 1.82) is 0 Å². The van der Waals surface area contributed by atoms with Gasteiger partial charge in [0.1, 0.15) is 11.6 Å². The first-order valence-electron chi connectivity index (χ1n) is 12.2. The summed E-state index contributed by atoms with van der Waals surface area (Å²) in [4.78, 5) is 8.64. The second-order valence-corrected chi connectivity index (χ2v) is 8.93. The topological polar surface area (TPSA) is 35.0 Å². The van der Waals surface area contributed by atoms with Crippen LogP contribution in [0.1, 0.15) is 38.2 Å². The first kappa shape index (κ1) is 28.1. The molecule has 0 N–H and O–H groups in total. The van der Waals surface area contributed by atoms with E-state index < -0.39 is 35.4 Å². The fourth-order valence-electron chi connectivity index (χ4n) is 4.12. The molecule has 0 amide bonds. The number of aryl methyl sites for hydroxylation is 1. The zero-order valence-corrected chi connectivity index (χ0v) is 20.8. The van der Waals surface area contributed by atoms with Crippen molar-refractivity contribution >= 4 is 0 Å². The Morgan fingerprint density at radius 3 is 1.77 bits per heavy atom. The van der Waals surface area contributed by atoms with E-state index in [9.17, 15) is 30.7 Å². The largest absolute Gasteiger partial charge is 0.573 e. The normalized spacial score (nSPS) is 11.6. The summed E-state index contributed by atoms with van der Waals surface area (Å²) in [5.74, 6) is -6.24. The Morgan fingerprint density at radius 2 is 1.21 bits per heavy atom. The molecule has 0 aliphatic carbocycles. The fraction of sp³-hybridized carbons (Fsp3) is 0.241. The molecule has 3 aromatic carbocycles. The van der Waals surface area contributed by atoms with Crippen molar-refractivity contribution in [3.63, 3.8) is 0 Å². The third-order valence-electron chi connectivity index (χ3n) is 6.06. The number of ether oxygens (including phenoxy) is 1. The van der Waals surface area contributed by atoms with E-state index >= 15 is 0 Å². The van der Waals surface area contributed by atoms with E-state index in [1.165, 1.54) is 24.6 Å². The number of halogens is 7. The van der Waals surface area contributed by atoms with Gasteiger partial charge >= 0.3 is 6.36 Å². The van der Waals surface area contributed by atoms with E-state index in [0.29, 0.717) is 23.5 Å². The number of aromatic nitrogens is 2. The summed E-state index contributed by atoms with van der Waals surface area (Å²) in [6.07, 6.45) is 3.46. The summed E-state index contributed by atoms with van der Waals surface area (Å²) in [5.41, 5.74) is 0.966. The number of alkyl halides is 3. The molecule has 0 spiro atoms. The van der Waals surface area contributed by atoms with E-state index in [1.807, 2.05) is 0 Å². The van der Waals surface area contributed by atoms with Crippen molar-refractivity contribution in [2.24, 2.45) is 0 Å². The molecule has 4 aromatic rings. The van der Waals surface area contributed by atoms with E-state index in [0.717, 1.165) is 43.4 Å². The quantitative estimate of drug-likeness (QED) is 0.155. The Balaban J connectivity index is 1.54. The molecule has 3 nitrogen and oxygen atoms in total. The third-order valence-corrected chi connectivity index (χ3v) is 6.06. The van der Waals surface area contributed by atoms with Gasteiger partial charge in [-0.2, -0.15) is 0 Å². The highest BCUT2D eigenvalue weighted by molar-refractivity contribution is 5.73. The van der Waals surface area contributed by atoms with Crippen LogP contribution in [-0.4, -0.2) is 16.3 Å². The van der Waals surface area contributed by atoms with E-state index in [2.05, 4.69) is 21.6 Å². The Morgan fingerprint density at radius 1 is 0.667 bits per heavy atom. The molecule has 204 valence electrons. The Bertz CT molecular complexity index is 1430. The van der Waals surface area contributed by atoms with Crippen LogP contribution in [0.5, 0.6) is 5.75 Å². The number of nitrogens with zero attached hydrogens (tertiary/aromatic N) is 2. The minimum atomic E-state index is -5.31. The number of hydrogen-bond donors (Lipinski definition) is 0. The van der Waals surface area contributed by atoms with Gasteiger partial charge < -0.3 is 4.74 Å². The van der Waals surface area contributed by atoms with Crippen LogP contribution in [0.3, 0.4) is 0 Å². The van der Waals surface area contributed by atoms with Crippen LogP contribution in [0, 0.1) is 23.3 Å². The number of benzene rings is 3. The van der Waals surface area contributed by atoms with Crippen molar-refractivity contribution in [2.75, 3.05) is 0 Å². The van der Waals surface area contributed by atoms with E-state index in [-0.39, 0.29) is 22.3 Å². The first-order chi connectivity index (χ1) is 18.6. The summed E-state index contributed by atoms with van der Waals surface area (Å²) >= 11 is 0. The Kier molecular flexibility index (Phi) is 8.52. The van der Waals surface area contributed by atoms with Crippen LogP contribution >= 0.6 is 0 Å². The molecule has 0 atom stereocenters. The van der Waals surface area contributed by atoms with Gasteiger partial charge in [-0.05, 0) is 53.8 Å². The van der Waals surface area contributed by atoms with Crippen molar-refractivity contribution in [3.05, 3.63) is 89.8 Å². The Labute approximate surface area is 220 Å². The lowest BCUT2D eigenvalue weighted by Gasteiger charge is -2.13. The van der Waals surface area contributed by atoms with Crippen molar-refractivity contribution in [2.45, 2.75) is 45.4 Å². The van der Waals surface area contributed by atoms with Crippen LogP contribution in [0.15, 0.2) is 60.9 Å². The van der Waals surface area contributed by atoms with Gasteiger partial charge in [0.05, 0.1) is 0 Å². The smallest absolute Gasteiger partial charge is 0.399 e. The SMILES string of the molecule is CCCCCCc1cnc(-c2ccc(-c3ccc(-c4cc(F)c(OC(F)(F)F)c(F)c4)c(F)c3)c(F)c2)nc1. The van der Waals surface area contributed by atoms with E-state index in [1.54, 1.807) is 18.5 Å². The molecule has 4 rings (SSSR count). The maximum atomic E-state index is 15.0. The maximum absolute atomic E-state index is 15.0. The third kappa shape index (κ3) is 6.93. The second-order valence-electron chi connectivity index (χ2n) is 8.93. The molecule has 0 bridgehead atoms. The average molecular weight is 549 g/mol. The van der Waals surface area contributed by atoms with Crippen LogP contribution in [0.2, 0.25) is 0 Å². The zero-order chi connectivity index (χ0) is 28.2. The van der Waals surface area contributed by atoms with Crippen LogP contribution in [-0.2, 0) is 6.42 Å². The Hall–Kier alpha value is -3.95. The molecule has 1 heterocycles. The summed E-state index contributed by atoms with van der Waals surface area (Å²) in [6, 6.07) is 8.74. The molecule has 1 aromatic heterocycles. The summed E-state index contributed by atoms with van der Waals surface area (Å²) in [5, 5.41) is 0. The van der Waals surface area contributed by atoms with Gasteiger partial charge in [0.2, 0.25) is 5.75 Å². The molecule has 0 saturated heterocycles. The molecular weight excluding hydrogens is 525 g/mol. The highest BCUT2D eigenvalue weighted by atomic mass is 19.4. The zero-order valence-electron chi connectivity index (χ0n) is 20.8. The molecule has 0 fully saturated rings. The lowest BCUT2D eigenvalue weighted by atomic mass is 9.98. The van der Waals surface area contributed by atoms with Gasteiger partial charge in [-0.25, -0.2) is 27.5 Å². The van der Waals surface area contributed by atoms with Gasteiger partial charge in [0, 0.05) is 29.1 Å². The van der Waals surface area contributed by atoms with E-state index in [4.69, 9.17) is 0 Å². The monoisotopic (exact) mass is 548 g/mol. The van der Waals surface area contributed by atoms with Crippen molar-refractivity contribution in [1.82, 2.24) is 9.97 Å². The summed E-state index contributed by atoms with van der Waals surface area (Å²) in [6.45, 7) is 2.14. The first-order valence-corrected chi connectivity index (χ1v) is 12.2. The minimum absolute atomic E-state index is 0.0584. The fourth-order valence-corrected chi connectivity index (χ4v) is 4.12. The number of unbranched alkanes of at least 4 members (excludes halogenated alkanes) is 3. The molecule has 39 heavy (non-hydrogen) atoms. The van der Waals surface area contributed by atoms with Gasteiger partial charge in [0.15, 0.2) is 17.5 Å². The van der Waals surface area contributed by atoms with Crippen LogP contribution in [0.4, 0.5) is 30.7 Å². The minimum Gasteiger partial charge on any atom is -0.399 e. The molecule has 0 radical (unpaired) electrons. The second kappa shape index (κ2) is 11.8. The van der Waals surface area contributed by atoms with Gasteiger partial charge in [0.25, 0.3) is 0 Å². The standard InChI is InChI=1S/C29H23F7N2O/c1-2-3-4-5-6-17-15-37-28(38-16-17)19-8-10-21(24(31)12-19)18-7-9-22(23(30)11-18)20-13-25(32)27(26(33)14-20)39-29(34,35)36/h7-16H,2-6H2,1H3. The van der Waals surface area contributed by atoms with Crippen LogP contribution in [0.25, 0.3) is 33.6 Å². The lowest BCUT2D eigenvalue weighted by Crippen LogP contribution is -2.19. The maximum Gasteiger partial charge on any atom is 0.573 e. The van der Waals surface area contributed by atoms with Gasteiger partial charge in [-0.1, -0.05) is 50.5 Å². The van der Waals surface area contributed by atoms with Gasteiger partial charge in [-0.3, -0.25) is 0 Å². The predicted molar refractivity (Wildman–Crippen MR) is 133 cm³/mol. The average Bonchev–Trinajstić information content (AvgIpc) is 2.88. The predicted octanol–water partition coefficient (Wildman–Crippen LogP) is 9.06. The molecular formula is C29H23F7N2O. The highest BCUT2D eigenvalue weighted by Gasteiger charge is 2.34. The van der Waals surface area contributed by atoms with Crippen molar-refractivity contribution in [3.8, 4) is 39.4 Å². The number of rotatable bonds is 9. The summed E-state index contributed by atoms with van der Waals surface area (Å²) in [7, 11) is 0. The molecule has 0 aliphatic heterocycles. The highest BCUT2D eigenvalue weighted by Crippen LogP contribution is 2.35. The van der Waals surface area contributed by atoms with Gasteiger partial charge in [-0.15, -0.1) is 13.2 Å². The molecule has 0 saturated carbocycles. The van der Waals surface area contributed by atoms with Crippen LogP contribution < -0.4 is 4.74 Å². The molecule has 10 heteroatoms.